The number of anilines is 2. The summed E-state index contributed by atoms with van der Waals surface area (Å²) in [6.07, 6.45) is 5.80. The molecule has 0 bridgehead atoms. The van der Waals surface area contributed by atoms with E-state index in [4.69, 9.17) is 0 Å². The maximum atomic E-state index is 13.0. The number of carbonyl (C=O) groups is 1. The van der Waals surface area contributed by atoms with Gasteiger partial charge in [0.1, 0.15) is 5.82 Å². The first-order chi connectivity index (χ1) is 19.7. The standard InChI is InChI=1S/C31H28N6O2S/c38-27(21-40-31-34-19-10-20-35-31)36-24-14-5-4-13-23(24)29(37-26-16-7-9-18-33-26)28(25-15-6-8-17-32-25)30(39)22-11-2-1-3-12-22/h1-20,28-30,39H,21H2,(H,33,37)(H,36,38)/t28-,29+,30+/m0/s1. The van der Waals surface area contributed by atoms with Gasteiger partial charge in [-0.15, -0.1) is 0 Å². The Morgan fingerprint density at radius 2 is 1.43 bits per heavy atom. The van der Waals surface area contributed by atoms with Crippen LogP contribution in [0.5, 0.6) is 0 Å². The molecule has 0 fully saturated rings. The average molecular weight is 549 g/mol. The zero-order valence-corrected chi connectivity index (χ0v) is 22.4. The predicted octanol–water partition coefficient (Wildman–Crippen LogP) is 5.67. The lowest BCUT2D eigenvalue weighted by Gasteiger charge is -2.33. The van der Waals surface area contributed by atoms with E-state index in [0.717, 1.165) is 11.1 Å². The highest BCUT2D eigenvalue weighted by Crippen LogP contribution is 2.43. The van der Waals surface area contributed by atoms with Gasteiger partial charge >= 0.3 is 0 Å². The van der Waals surface area contributed by atoms with Crippen molar-refractivity contribution < 1.29 is 9.90 Å². The van der Waals surface area contributed by atoms with E-state index < -0.39 is 18.1 Å². The van der Waals surface area contributed by atoms with Crippen LogP contribution < -0.4 is 10.6 Å². The number of hydrogen-bond acceptors (Lipinski definition) is 8. The zero-order valence-electron chi connectivity index (χ0n) is 21.5. The number of nitrogens with one attached hydrogen (secondary N) is 2. The SMILES string of the molecule is O=C(CSc1ncccn1)Nc1ccccc1[C@@H](Nc1ccccn1)[C@H](c1ccccn1)[C@H](O)c1ccccc1. The highest BCUT2D eigenvalue weighted by molar-refractivity contribution is 7.99. The van der Waals surface area contributed by atoms with Gasteiger partial charge in [0, 0.05) is 36.2 Å². The van der Waals surface area contributed by atoms with Crippen LogP contribution in [0, 0.1) is 0 Å². The molecule has 8 nitrogen and oxygen atoms in total. The van der Waals surface area contributed by atoms with E-state index in [1.54, 1.807) is 30.9 Å². The number of benzene rings is 2. The highest BCUT2D eigenvalue weighted by Gasteiger charge is 2.35. The van der Waals surface area contributed by atoms with Crippen LogP contribution in [0.2, 0.25) is 0 Å². The Hall–Kier alpha value is -4.60. The number of aromatic nitrogens is 4. The molecule has 5 aromatic rings. The summed E-state index contributed by atoms with van der Waals surface area (Å²) in [5, 5.41) is 18.9. The Morgan fingerprint density at radius 1 is 0.750 bits per heavy atom. The van der Waals surface area contributed by atoms with E-state index in [9.17, 15) is 9.90 Å². The van der Waals surface area contributed by atoms with Gasteiger partial charge in [-0.3, -0.25) is 9.78 Å². The second-order valence-electron chi connectivity index (χ2n) is 8.93. The summed E-state index contributed by atoms with van der Waals surface area (Å²) in [6, 6.07) is 29.6. The Balaban J connectivity index is 1.53. The molecular formula is C31H28N6O2S. The molecule has 1 amide bonds. The minimum Gasteiger partial charge on any atom is -0.388 e. The van der Waals surface area contributed by atoms with Gasteiger partial charge in [-0.2, -0.15) is 0 Å². The normalized spacial score (nSPS) is 13.1. The summed E-state index contributed by atoms with van der Waals surface area (Å²) in [5.41, 5.74) is 2.86. The smallest absolute Gasteiger partial charge is 0.234 e. The summed E-state index contributed by atoms with van der Waals surface area (Å²) in [6.45, 7) is 0. The molecule has 3 N–H and O–H groups in total. The van der Waals surface area contributed by atoms with Gasteiger partial charge < -0.3 is 15.7 Å². The van der Waals surface area contributed by atoms with E-state index in [2.05, 4.69) is 30.6 Å². The summed E-state index contributed by atoms with van der Waals surface area (Å²) in [4.78, 5) is 30.5. The summed E-state index contributed by atoms with van der Waals surface area (Å²) in [5.74, 6) is 0.0503. The van der Waals surface area contributed by atoms with Crippen molar-refractivity contribution >= 4 is 29.2 Å². The van der Waals surface area contributed by atoms with Gasteiger partial charge in [0.15, 0.2) is 5.16 Å². The first kappa shape index (κ1) is 27.0. The maximum Gasteiger partial charge on any atom is 0.234 e. The average Bonchev–Trinajstić information content (AvgIpc) is 3.02. The lowest BCUT2D eigenvalue weighted by molar-refractivity contribution is -0.113. The summed E-state index contributed by atoms with van der Waals surface area (Å²) < 4.78 is 0. The third kappa shape index (κ3) is 6.88. The molecule has 5 rings (SSSR count). The van der Waals surface area contributed by atoms with Crippen molar-refractivity contribution in [2.24, 2.45) is 0 Å². The van der Waals surface area contributed by atoms with Crippen molar-refractivity contribution in [3.8, 4) is 0 Å². The molecule has 2 aromatic carbocycles. The van der Waals surface area contributed by atoms with Crippen LogP contribution >= 0.6 is 11.8 Å². The molecule has 0 aliphatic rings. The number of carbonyl (C=O) groups excluding carboxylic acids is 1. The van der Waals surface area contributed by atoms with Gasteiger partial charge in [-0.05, 0) is 47.5 Å². The zero-order chi connectivity index (χ0) is 27.6. The molecule has 0 spiro atoms. The van der Waals surface area contributed by atoms with Gasteiger partial charge in [-0.1, -0.05) is 72.4 Å². The monoisotopic (exact) mass is 548 g/mol. The molecule has 9 heteroatoms. The van der Waals surface area contributed by atoms with Gasteiger partial charge in [0.05, 0.1) is 23.8 Å². The van der Waals surface area contributed by atoms with Gasteiger partial charge in [0.25, 0.3) is 0 Å². The molecule has 0 aliphatic carbocycles. The van der Waals surface area contributed by atoms with Crippen molar-refractivity contribution in [3.63, 3.8) is 0 Å². The number of hydrogen-bond donors (Lipinski definition) is 3. The van der Waals surface area contributed by atoms with Crippen LogP contribution in [0.3, 0.4) is 0 Å². The van der Waals surface area contributed by atoms with Crippen molar-refractivity contribution in [1.82, 2.24) is 19.9 Å². The second-order valence-corrected chi connectivity index (χ2v) is 9.87. The second kappa shape index (κ2) is 13.5. The number of aliphatic hydroxyl groups excluding tert-OH is 1. The molecule has 0 unspecified atom stereocenters. The fraction of sp³-hybridized carbons (Fsp3) is 0.129. The predicted molar refractivity (Wildman–Crippen MR) is 157 cm³/mol. The number of pyridine rings is 2. The third-order valence-corrected chi connectivity index (χ3v) is 7.16. The van der Waals surface area contributed by atoms with E-state index in [0.29, 0.717) is 22.4 Å². The fourth-order valence-electron chi connectivity index (χ4n) is 4.47. The quantitative estimate of drug-likeness (QED) is 0.143. The molecule has 0 saturated carbocycles. The first-order valence-corrected chi connectivity index (χ1v) is 13.8. The minimum absolute atomic E-state index is 0.146. The topological polar surface area (TPSA) is 113 Å². The molecule has 0 radical (unpaired) electrons. The maximum absolute atomic E-state index is 13.0. The lowest BCUT2D eigenvalue weighted by atomic mass is 9.82. The molecule has 3 aromatic heterocycles. The number of para-hydroxylation sites is 1. The van der Waals surface area contributed by atoms with E-state index in [1.165, 1.54) is 11.8 Å². The van der Waals surface area contributed by atoms with Crippen LogP contribution in [0.25, 0.3) is 0 Å². The summed E-state index contributed by atoms with van der Waals surface area (Å²) in [7, 11) is 0. The highest BCUT2D eigenvalue weighted by atomic mass is 32.2. The Labute approximate surface area is 237 Å². The number of aliphatic hydroxyl groups is 1. The molecule has 0 aliphatic heterocycles. The van der Waals surface area contributed by atoms with Crippen LogP contribution in [0.4, 0.5) is 11.5 Å². The lowest BCUT2D eigenvalue weighted by Crippen LogP contribution is -2.27. The summed E-state index contributed by atoms with van der Waals surface area (Å²) >= 11 is 1.26. The molecule has 40 heavy (non-hydrogen) atoms. The van der Waals surface area contributed by atoms with Crippen molar-refractivity contribution in [2.45, 2.75) is 23.2 Å². The Kier molecular flexibility index (Phi) is 9.08. The van der Waals surface area contributed by atoms with Crippen molar-refractivity contribution in [2.75, 3.05) is 16.4 Å². The largest absolute Gasteiger partial charge is 0.388 e. The molecule has 0 saturated heterocycles. The number of nitrogens with zero attached hydrogens (tertiary/aromatic N) is 4. The minimum atomic E-state index is -0.910. The van der Waals surface area contributed by atoms with Gasteiger partial charge in [0.2, 0.25) is 5.91 Å². The van der Waals surface area contributed by atoms with Crippen LogP contribution in [0.1, 0.15) is 34.9 Å². The molecular weight excluding hydrogens is 520 g/mol. The van der Waals surface area contributed by atoms with Crippen molar-refractivity contribution in [3.05, 3.63) is 139 Å². The Morgan fingerprint density at radius 3 is 2.15 bits per heavy atom. The van der Waals surface area contributed by atoms with E-state index >= 15 is 0 Å². The number of thioether (sulfide) groups is 1. The fourth-order valence-corrected chi connectivity index (χ4v) is 5.08. The third-order valence-electron chi connectivity index (χ3n) is 6.28. The number of rotatable bonds is 11. The van der Waals surface area contributed by atoms with Crippen LogP contribution in [-0.4, -0.2) is 36.7 Å². The van der Waals surface area contributed by atoms with Gasteiger partial charge in [-0.25, -0.2) is 15.0 Å². The molecule has 3 atom stereocenters. The van der Waals surface area contributed by atoms with Crippen LogP contribution in [0.15, 0.2) is 127 Å². The first-order valence-electron chi connectivity index (χ1n) is 12.8. The Bertz CT molecular complexity index is 1490. The molecule has 200 valence electrons. The molecule has 3 heterocycles. The van der Waals surface area contributed by atoms with Crippen molar-refractivity contribution in [1.29, 1.82) is 0 Å². The van der Waals surface area contributed by atoms with E-state index in [1.807, 2.05) is 91.0 Å². The van der Waals surface area contributed by atoms with Crippen LogP contribution in [-0.2, 0) is 4.79 Å². The van der Waals surface area contributed by atoms with E-state index in [-0.39, 0.29) is 11.7 Å². The number of amides is 1.